The number of benzene rings is 1. The fraction of sp³-hybridized carbons (Fsp3) is 0.583. The first-order chi connectivity index (χ1) is 13.1. The van der Waals surface area contributed by atoms with Gasteiger partial charge >= 0.3 is 5.97 Å². The predicted octanol–water partition coefficient (Wildman–Crippen LogP) is 5.40. The molecular weight excluding hydrogens is 350 g/mol. The molecule has 0 bridgehead atoms. The van der Waals surface area contributed by atoms with Gasteiger partial charge in [-0.2, -0.15) is 0 Å². The normalized spacial score (nSPS) is 26.3. The Labute approximate surface area is 166 Å². The molecule has 1 heterocycles. The Kier molecular flexibility index (Phi) is 4.44. The van der Waals surface area contributed by atoms with Crippen LogP contribution in [-0.4, -0.2) is 21.4 Å². The van der Waals surface area contributed by atoms with Crippen molar-refractivity contribution in [3.05, 3.63) is 36.0 Å². The molecule has 1 aromatic carbocycles. The first-order valence-corrected chi connectivity index (χ1v) is 10.5. The Morgan fingerprint density at radius 1 is 1.04 bits per heavy atom. The standard InChI is InChI=1S/C24H31NO3/c1-23(2)21(24(23,3)4)20(26)18-14-25(19-8-6-5-7-17(18)19)13-15-9-11-16(12-10-15)22(27)28/h5-8,14-16,21H,9-13H2,1-4H3,(H,27,28). The average Bonchev–Trinajstić information content (AvgIpc) is 2.91. The Bertz CT molecular complexity index is 914. The minimum absolute atomic E-state index is 0.0303. The summed E-state index contributed by atoms with van der Waals surface area (Å²) < 4.78 is 2.23. The molecule has 4 nitrogen and oxygen atoms in total. The van der Waals surface area contributed by atoms with Crippen LogP contribution < -0.4 is 0 Å². The topological polar surface area (TPSA) is 59.3 Å². The second kappa shape index (κ2) is 6.47. The molecule has 0 amide bonds. The van der Waals surface area contributed by atoms with E-state index in [4.69, 9.17) is 0 Å². The van der Waals surface area contributed by atoms with Crippen LogP contribution in [0, 0.1) is 28.6 Å². The summed E-state index contributed by atoms with van der Waals surface area (Å²) in [4.78, 5) is 24.6. The number of hydrogen-bond donors (Lipinski definition) is 1. The van der Waals surface area contributed by atoms with Gasteiger partial charge in [-0.1, -0.05) is 45.9 Å². The highest BCUT2D eigenvalue weighted by molar-refractivity contribution is 6.11. The maximum atomic E-state index is 13.4. The van der Waals surface area contributed by atoms with Gasteiger partial charge in [-0.25, -0.2) is 0 Å². The number of rotatable bonds is 5. The van der Waals surface area contributed by atoms with E-state index in [1.54, 1.807) is 0 Å². The van der Waals surface area contributed by atoms with Gasteiger partial charge in [-0.15, -0.1) is 0 Å². The summed E-state index contributed by atoms with van der Waals surface area (Å²) in [5.41, 5.74) is 2.02. The van der Waals surface area contributed by atoms with Crippen LogP contribution in [0.2, 0.25) is 0 Å². The van der Waals surface area contributed by atoms with Crippen molar-refractivity contribution in [2.75, 3.05) is 0 Å². The molecule has 0 atom stereocenters. The zero-order chi connectivity index (χ0) is 20.3. The second-order valence-electron chi connectivity index (χ2n) is 10.0. The van der Waals surface area contributed by atoms with E-state index in [0.29, 0.717) is 5.92 Å². The van der Waals surface area contributed by atoms with Crippen molar-refractivity contribution in [3.63, 3.8) is 0 Å². The van der Waals surface area contributed by atoms with E-state index in [9.17, 15) is 14.7 Å². The van der Waals surface area contributed by atoms with Gasteiger partial charge in [0.2, 0.25) is 0 Å². The number of carboxylic acids is 1. The van der Waals surface area contributed by atoms with Crippen molar-refractivity contribution in [1.82, 2.24) is 4.57 Å². The molecule has 2 fully saturated rings. The molecule has 28 heavy (non-hydrogen) atoms. The van der Waals surface area contributed by atoms with Crippen LogP contribution in [0.15, 0.2) is 30.5 Å². The van der Waals surface area contributed by atoms with E-state index >= 15 is 0 Å². The second-order valence-corrected chi connectivity index (χ2v) is 10.0. The van der Waals surface area contributed by atoms with Gasteiger partial charge in [0.25, 0.3) is 0 Å². The summed E-state index contributed by atoms with van der Waals surface area (Å²) in [5, 5.41) is 10.3. The lowest BCUT2D eigenvalue weighted by Gasteiger charge is -2.26. The van der Waals surface area contributed by atoms with E-state index in [0.717, 1.165) is 48.7 Å². The van der Waals surface area contributed by atoms with Crippen LogP contribution >= 0.6 is 0 Å². The number of hydrogen-bond acceptors (Lipinski definition) is 2. The number of Topliss-reactive ketones (excluding diaryl/α,β-unsaturated/α-hetero) is 1. The van der Waals surface area contributed by atoms with Crippen LogP contribution in [0.25, 0.3) is 10.9 Å². The monoisotopic (exact) mass is 381 g/mol. The van der Waals surface area contributed by atoms with Gasteiger partial charge in [-0.05, 0) is 48.5 Å². The molecule has 4 heteroatoms. The summed E-state index contributed by atoms with van der Waals surface area (Å²) in [7, 11) is 0. The SMILES string of the molecule is CC1(C)C(C(=O)c2cn(CC3CCC(C(=O)O)CC3)c3ccccc23)C1(C)C. The number of nitrogens with zero attached hydrogens (tertiary/aromatic N) is 1. The van der Waals surface area contributed by atoms with Gasteiger partial charge in [-0.3, -0.25) is 9.59 Å². The molecule has 0 saturated heterocycles. The van der Waals surface area contributed by atoms with Crippen LogP contribution in [0.4, 0.5) is 0 Å². The molecule has 2 aliphatic carbocycles. The van der Waals surface area contributed by atoms with E-state index in [1.165, 1.54) is 0 Å². The minimum Gasteiger partial charge on any atom is -0.481 e. The number of carbonyl (C=O) groups excluding carboxylic acids is 1. The van der Waals surface area contributed by atoms with Crippen molar-refractivity contribution in [2.24, 2.45) is 28.6 Å². The van der Waals surface area contributed by atoms with Crippen molar-refractivity contribution < 1.29 is 14.7 Å². The predicted molar refractivity (Wildman–Crippen MR) is 110 cm³/mol. The third-order valence-electron chi connectivity index (χ3n) is 7.99. The zero-order valence-electron chi connectivity index (χ0n) is 17.4. The Hall–Kier alpha value is -2.10. The summed E-state index contributed by atoms with van der Waals surface area (Å²) in [6.07, 6.45) is 5.45. The van der Waals surface area contributed by atoms with Gasteiger partial charge in [0.15, 0.2) is 5.78 Å². The number of aliphatic carboxylic acids is 1. The molecule has 0 radical (unpaired) electrons. The van der Waals surface area contributed by atoms with Gasteiger partial charge in [0.1, 0.15) is 0 Å². The largest absolute Gasteiger partial charge is 0.481 e. The molecule has 1 aromatic heterocycles. The van der Waals surface area contributed by atoms with Crippen LogP contribution in [0.1, 0.15) is 63.7 Å². The van der Waals surface area contributed by atoms with Crippen LogP contribution in [0.3, 0.4) is 0 Å². The highest BCUT2D eigenvalue weighted by atomic mass is 16.4. The minimum atomic E-state index is -0.660. The van der Waals surface area contributed by atoms with Crippen molar-refractivity contribution in [1.29, 1.82) is 0 Å². The lowest BCUT2D eigenvalue weighted by atomic mass is 9.82. The first kappa shape index (κ1) is 19.2. The van der Waals surface area contributed by atoms with E-state index in [2.05, 4.69) is 50.6 Å². The highest BCUT2D eigenvalue weighted by Gasteiger charge is 2.68. The molecule has 2 aliphatic rings. The van der Waals surface area contributed by atoms with Crippen molar-refractivity contribution >= 4 is 22.7 Å². The van der Waals surface area contributed by atoms with Crippen molar-refractivity contribution in [2.45, 2.75) is 59.9 Å². The molecule has 1 N–H and O–H groups in total. The third kappa shape index (κ3) is 2.89. The number of carbonyl (C=O) groups is 2. The van der Waals surface area contributed by atoms with Crippen LogP contribution in [0.5, 0.6) is 0 Å². The molecule has 4 rings (SSSR count). The summed E-state index contributed by atoms with van der Waals surface area (Å²) in [6.45, 7) is 9.62. The lowest BCUT2D eigenvalue weighted by molar-refractivity contribution is -0.143. The Balaban J connectivity index is 1.60. The first-order valence-electron chi connectivity index (χ1n) is 10.5. The fourth-order valence-corrected chi connectivity index (χ4v) is 5.47. The third-order valence-corrected chi connectivity index (χ3v) is 7.99. The number of aromatic nitrogens is 1. The number of carboxylic acid groups (broad SMARTS) is 1. The Morgan fingerprint density at radius 2 is 1.64 bits per heavy atom. The maximum Gasteiger partial charge on any atom is 0.306 e. The molecule has 150 valence electrons. The number of fused-ring (bicyclic) bond motifs is 1. The molecule has 0 spiro atoms. The molecule has 0 unspecified atom stereocenters. The lowest BCUT2D eigenvalue weighted by Crippen LogP contribution is -2.23. The van der Waals surface area contributed by atoms with Crippen LogP contribution in [-0.2, 0) is 11.3 Å². The van der Waals surface area contributed by atoms with Crippen molar-refractivity contribution in [3.8, 4) is 0 Å². The fourth-order valence-electron chi connectivity index (χ4n) is 5.47. The highest BCUT2D eigenvalue weighted by Crippen LogP contribution is 2.69. The maximum absolute atomic E-state index is 13.4. The van der Waals surface area contributed by atoms with Gasteiger partial charge in [0.05, 0.1) is 5.92 Å². The molecule has 2 aromatic rings. The van der Waals surface area contributed by atoms with E-state index in [1.807, 2.05) is 12.1 Å². The Morgan fingerprint density at radius 3 is 2.21 bits per heavy atom. The quantitative estimate of drug-likeness (QED) is 0.706. The zero-order valence-corrected chi connectivity index (χ0v) is 17.4. The van der Waals surface area contributed by atoms with E-state index < -0.39 is 5.97 Å². The van der Waals surface area contributed by atoms with Gasteiger partial charge in [0, 0.05) is 35.1 Å². The molecule has 0 aliphatic heterocycles. The average molecular weight is 382 g/mol. The summed E-state index contributed by atoms with van der Waals surface area (Å²) in [6, 6.07) is 8.19. The smallest absolute Gasteiger partial charge is 0.306 e. The number of para-hydroxylation sites is 1. The summed E-state index contributed by atoms with van der Waals surface area (Å²) >= 11 is 0. The molecular formula is C24H31NO3. The number of ketones is 1. The summed E-state index contributed by atoms with van der Waals surface area (Å²) in [5.74, 6) is -0.0468. The molecule has 2 saturated carbocycles. The van der Waals surface area contributed by atoms with Gasteiger partial charge < -0.3 is 9.67 Å². The van der Waals surface area contributed by atoms with E-state index in [-0.39, 0.29) is 28.4 Å².